The first kappa shape index (κ1) is 25.8. The molecule has 2 aromatic carbocycles. The minimum Gasteiger partial charge on any atom is -0.406 e. The number of piperidine rings is 2. The van der Waals surface area contributed by atoms with Crippen LogP contribution in [-0.2, 0) is 21.4 Å². The maximum absolute atomic E-state index is 14.1. The summed E-state index contributed by atoms with van der Waals surface area (Å²) in [7, 11) is 0. The van der Waals surface area contributed by atoms with E-state index < -0.39 is 23.4 Å². The molecule has 3 saturated heterocycles. The van der Waals surface area contributed by atoms with E-state index in [1.54, 1.807) is 0 Å². The number of nitrogens with zero attached hydrogens (tertiary/aromatic N) is 1. The SMILES string of the molecule is NC1CC2CC3(C(=O)C(Cc4ccc(Br)cc4)NC(=O)C4(c5ccc(OC(F)(F)F)cc5)CC4)CC(C1)N23. The van der Waals surface area contributed by atoms with Gasteiger partial charge in [0.15, 0.2) is 5.78 Å². The molecule has 0 bridgehead atoms. The Kier molecular flexibility index (Phi) is 6.16. The van der Waals surface area contributed by atoms with E-state index in [0.717, 1.165) is 35.7 Å². The van der Waals surface area contributed by atoms with Crippen molar-refractivity contribution in [1.82, 2.24) is 10.2 Å². The molecular formula is C28H29BrF3N3O3. The summed E-state index contributed by atoms with van der Waals surface area (Å²) < 4.78 is 42.6. The first-order valence-corrected chi connectivity index (χ1v) is 13.8. The second-order valence-electron chi connectivity index (χ2n) is 11.3. The summed E-state index contributed by atoms with van der Waals surface area (Å²) in [5, 5.41) is 3.07. The molecule has 3 unspecified atom stereocenters. The van der Waals surface area contributed by atoms with Crippen molar-refractivity contribution in [3.05, 3.63) is 64.1 Å². The van der Waals surface area contributed by atoms with Crippen LogP contribution in [0, 0.1) is 0 Å². The zero-order valence-electron chi connectivity index (χ0n) is 20.6. The summed E-state index contributed by atoms with van der Waals surface area (Å²) >= 11 is 3.44. The Bertz CT molecular complexity index is 1230. The minimum atomic E-state index is -4.78. The predicted molar refractivity (Wildman–Crippen MR) is 137 cm³/mol. The summed E-state index contributed by atoms with van der Waals surface area (Å²) in [6, 6.07) is 13.3. The number of hydrogen-bond donors (Lipinski definition) is 2. The van der Waals surface area contributed by atoms with Gasteiger partial charge < -0.3 is 15.8 Å². The first-order chi connectivity index (χ1) is 18.0. The molecule has 10 heteroatoms. The lowest BCUT2D eigenvalue weighted by atomic mass is 9.56. The molecule has 4 fully saturated rings. The van der Waals surface area contributed by atoms with E-state index in [1.165, 1.54) is 24.3 Å². The number of Topliss-reactive ketones (excluding diaryl/α,β-unsaturated/α-hetero) is 1. The van der Waals surface area contributed by atoms with E-state index in [2.05, 4.69) is 30.9 Å². The maximum Gasteiger partial charge on any atom is 0.573 e. The highest BCUT2D eigenvalue weighted by Crippen LogP contribution is 2.57. The lowest BCUT2D eigenvalue weighted by Crippen LogP contribution is -2.85. The van der Waals surface area contributed by atoms with Crippen LogP contribution in [0.3, 0.4) is 0 Å². The third-order valence-corrected chi connectivity index (χ3v) is 9.36. The third kappa shape index (κ3) is 4.44. The van der Waals surface area contributed by atoms with Gasteiger partial charge in [-0.1, -0.05) is 40.2 Å². The van der Waals surface area contributed by atoms with Crippen molar-refractivity contribution in [2.45, 2.75) is 86.4 Å². The highest BCUT2D eigenvalue weighted by atomic mass is 79.9. The molecule has 1 saturated carbocycles. The molecule has 3 aliphatic heterocycles. The van der Waals surface area contributed by atoms with Crippen molar-refractivity contribution in [2.75, 3.05) is 0 Å². The van der Waals surface area contributed by atoms with Crippen LogP contribution < -0.4 is 15.8 Å². The molecule has 2 aromatic rings. The second-order valence-corrected chi connectivity index (χ2v) is 12.2. The molecule has 0 aromatic heterocycles. The Labute approximate surface area is 227 Å². The molecule has 0 radical (unpaired) electrons. The molecular weight excluding hydrogens is 563 g/mol. The number of alkyl halides is 3. The fourth-order valence-corrected chi connectivity index (χ4v) is 7.26. The predicted octanol–water partition coefficient (Wildman–Crippen LogP) is 4.38. The number of halogens is 4. The highest BCUT2D eigenvalue weighted by Gasteiger charge is 2.69. The standard InChI is InChI=1S/C28H29BrF3N3O3/c29-18-5-1-16(2-6-18)11-23(24(36)27-14-20-12-19(33)13-21(15-27)35(20)27)34-25(37)26(9-10-26)17-3-7-22(8-4-17)38-28(30,31)32/h1-8,19-21,23H,9-15,33H2,(H,34,37). The largest absolute Gasteiger partial charge is 0.573 e. The van der Waals surface area contributed by atoms with Crippen molar-refractivity contribution < 1.29 is 27.5 Å². The van der Waals surface area contributed by atoms with Crippen LogP contribution in [0.1, 0.15) is 49.7 Å². The smallest absolute Gasteiger partial charge is 0.406 e. The van der Waals surface area contributed by atoms with Gasteiger partial charge in [-0.05, 0) is 80.3 Å². The van der Waals surface area contributed by atoms with E-state index in [1.807, 2.05) is 24.3 Å². The van der Waals surface area contributed by atoms with E-state index in [9.17, 15) is 22.8 Å². The lowest BCUT2D eigenvalue weighted by molar-refractivity contribution is -0.274. The number of benzene rings is 2. The van der Waals surface area contributed by atoms with E-state index >= 15 is 0 Å². The number of ether oxygens (including phenoxy) is 1. The monoisotopic (exact) mass is 591 g/mol. The van der Waals surface area contributed by atoms with Gasteiger partial charge in [-0.3, -0.25) is 14.5 Å². The molecule has 6 rings (SSSR count). The van der Waals surface area contributed by atoms with Crippen LogP contribution in [0.5, 0.6) is 5.75 Å². The number of carbonyl (C=O) groups excluding carboxylic acids is 2. The first-order valence-electron chi connectivity index (χ1n) is 13.0. The number of nitrogens with one attached hydrogen (secondary N) is 1. The van der Waals surface area contributed by atoms with Crippen LogP contribution in [0.25, 0.3) is 0 Å². The van der Waals surface area contributed by atoms with Gasteiger partial charge >= 0.3 is 6.36 Å². The fourth-order valence-electron chi connectivity index (χ4n) is 6.99. The summed E-state index contributed by atoms with van der Waals surface area (Å²) in [5.74, 6) is -0.553. The van der Waals surface area contributed by atoms with Crippen molar-refractivity contribution in [3.63, 3.8) is 0 Å². The summed E-state index contributed by atoms with van der Waals surface area (Å²) in [6.45, 7) is 0. The van der Waals surface area contributed by atoms with Gasteiger partial charge in [0.05, 0.1) is 17.0 Å². The normalized spacial score (nSPS) is 29.8. The van der Waals surface area contributed by atoms with Crippen LogP contribution in [0.15, 0.2) is 53.0 Å². The van der Waals surface area contributed by atoms with Crippen molar-refractivity contribution in [3.8, 4) is 5.75 Å². The van der Waals surface area contributed by atoms with Gasteiger partial charge in [0.1, 0.15) is 5.75 Å². The van der Waals surface area contributed by atoms with Crippen molar-refractivity contribution in [2.24, 2.45) is 5.73 Å². The van der Waals surface area contributed by atoms with Gasteiger partial charge in [-0.15, -0.1) is 13.2 Å². The van der Waals surface area contributed by atoms with Gasteiger partial charge in [0.25, 0.3) is 0 Å². The Morgan fingerprint density at radius 3 is 2.21 bits per heavy atom. The van der Waals surface area contributed by atoms with Crippen LogP contribution in [0.2, 0.25) is 0 Å². The Hall–Kier alpha value is -2.43. The van der Waals surface area contributed by atoms with Gasteiger partial charge in [0, 0.05) is 22.6 Å². The van der Waals surface area contributed by atoms with Gasteiger partial charge in [0.2, 0.25) is 5.91 Å². The number of carbonyl (C=O) groups is 2. The van der Waals surface area contributed by atoms with Crippen LogP contribution in [-0.4, -0.2) is 52.7 Å². The number of rotatable bonds is 8. The van der Waals surface area contributed by atoms with Crippen molar-refractivity contribution >= 4 is 27.6 Å². The molecule has 0 spiro atoms. The maximum atomic E-state index is 14.1. The zero-order chi connectivity index (χ0) is 26.9. The van der Waals surface area contributed by atoms with Crippen LogP contribution in [0.4, 0.5) is 13.2 Å². The topological polar surface area (TPSA) is 84.7 Å². The van der Waals surface area contributed by atoms with Gasteiger partial charge in [-0.25, -0.2) is 0 Å². The number of amides is 1. The molecule has 3 heterocycles. The van der Waals surface area contributed by atoms with Crippen molar-refractivity contribution in [1.29, 1.82) is 0 Å². The van der Waals surface area contributed by atoms with Gasteiger partial charge in [-0.2, -0.15) is 0 Å². The average molecular weight is 592 g/mol. The second kappa shape index (κ2) is 9.06. The molecule has 1 aliphatic carbocycles. The summed E-state index contributed by atoms with van der Waals surface area (Å²) in [5.41, 5.74) is 6.38. The number of ketones is 1. The molecule has 1 amide bonds. The van der Waals surface area contributed by atoms with E-state index in [0.29, 0.717) is 36.9 Å². The van der Waals surface area contributed by atoms with E-state index in [4.69, 9.17) is 5.73 Å². The molecule has 202 valence electrons. The van der Waals surface area contributed by atoms with Crippen LogP contribution >= 0.6 is 15.9 Å². The average Bonchev–Trinajstić information content (AvgIpc) is 3.63. The molecule has 3 N–H and O–H groups in total. The molecule has 38 heavy (non-hydrogen) atoms. The minimum absolute atomic E-state index is 0.0430. The summed E-state index contributed by atoms with van der Waals surface area (Å²) in [4.78, 5) is 30.1. The zero-order valence-corrected chi connectivity index (χ0v) is 22.2. The molecule has 3 atom stereocenters. The highest BCUT2D eigenvalue weighted by molar-refractivity contribution is 9.10. The third-order valence-electron chi connectivity index (χ3n) is 8.84. The Morgan fingerprint density at radius 1 is 1.05 bits per heavy atom. The summed E-state index contributed by atoms with van der Waals surface area (Å²) in [6.07, 6.45) is 0.0585. The lowest BCUT2D eigenvalue weighted by Gasteiger charge is -2.72. The van der Waals surface area contributed by atoms with E-state index in [-0.39, 0.29) is 23.5 Å². The number of nitrogens with two attached hydrogens (primary N) is 1. The molecule has 4 aliphatic rings. The fraction of sp³-hybridized carbons (Fsp3) is 0.500. The quantitative estimate of drug-likeness (QED) is 0.476. The molecule has 6 nitrogen and oxygen atoms in total. The Balaban J connectivity index is 1.22. The Morgan fingerprint density at radius 2 is 1.66 bits per heavy atom. The number of hydrogen-bond acceptors (Lipinski definition) is 5.